The van der Waals surface area contributed by atoms with Crippen LogP contribution in [-0.2, 0) is 10.0 Å². The Morgan fingerprint density at radius 3 is 2.31 bits per heavy atom. The van der Waals surface area contributed by atoms with Gasteiger partial charge in [0.2, 0.25) is 0 Å². The quantitative estimate of drug-likeness (QED) is 0.492. The molecule has 1 amide bonds. The lowest BCUT2D eigenvalue weighted by atomic mass is 10.1. The largest absolute Gasteiger partial charge is 0.491 e. The summed E-state index contributed by atoms with van der Waals surface area (Å²) in [4.78, 5) is 12.8. The zero-order chi connectivity index (χ0) is 23.3. The number of rotatable bonds is 8. The third kappa shape index (κ3) is 5.68. The van der Waals surface area contributed by atoms with Gasteiger partial charge in [-0.15, -0.1) is 0 Å². The van der Waals surface area contributed by atoms with Crippen LogP contribution < -0.4 is 14.8 Å². The van der Waals surface area contributed by atoms with Crippen molar-refractivity contribution in [2.24, 2.45) is 0 Å². The molecular weight excluding hydrogens is 424 g/mol. The first kappa shape index (κ1) is 23.3. The standard InChI is InChI=1S/C25H28N2O4S/c1-17-9-12-21(13-10-17)32(29,30)27-23-7-5-6-22(20(23)4)25(28)26-14-15-31-24-16-18(2)8-11-19(24)3/h5-13,16,27H,14-15H2,1-4H3,(H,26,28). The van der Waals surface area contributed by atoms with E-state index in [1.807, 2.05) is 39.0 Å². The smallest absolute Gasteiger partial charge is 0.261 e. The molecule has 0 fully saturated rings. The van der Waals surface area contributed by atoms with Crippen LogP contribution in [0, 0.1) is 27.7 Å². The Kier molecular flexibility index (Phi) is 7.20. The van der Waals surface area contributed by atoms with Gasteiger partial charge in [-0.25, -0.2) is 8.42 Å². The second-order valence-corrected chi connectivity index (χ2v) is 9.45. The van der Waals surface area contributed by atoms with Gasteiger partial charge in [0, 0.05) is 5.56 Å². The molecule has 7 heteroatoms. The molecule has 0 unspecified atom stereocenters. The Morgan fingerprint density at radius 1 is 0.906 bits per heavy atom. The molecule has 0 atom stereocenters. The van der Waals surface area contributed by atoms with Crippen molar-refractivity contribution in [1.82, 2.24) is 5.32 Å². The van der Waals surface area contributed by atoms with Crippen molar-refractivity contribution in [3.8, 4) is 5.75 Å². The van der Waals surface area contributed by atoms with Gasteiger partial charge in [-0.2, -0.15) is 0 Å². The molecule has 0 aliphatic rings. The Balaban J connectivity index is 1.64. The number of carbonyl (C=O) groups is 1. The summed E-state index contributed by atoms with van der Waals surface area (Å²) in [5.41, 5.74) is 4.43. The highest BCUT2D eigenvalue weighted by Crippen LogP contribution is 2.23. The maximum absolute atomic E-state index is 12.7. The number of ether oxygens (including phenoxy) is 1. The van der Waals surface area contributed by atoms with E-state index in [1.165, 1.54) is 0 Å². The van der Waals surface area contributed by atoms with E-state index in [1.54, 1.807) is 49.4 Å². The molecule has 0 saturated carbocycles. The summed E-state index contributed by atoms with van der Waals surface area (Å²) in [6, 6.07) is 17.5. The van der Waals surface area contributed by atoms with Crippen LogP contribution in [0.1, 0.15) is 32.6 Å². The molecule has 0 spiro atoms. The molecule has 0 bridgehead atoms. The van der Waals surface area contributed by atoms with Crippen molar-refractivity contribution in [2.45, 2.75) is 32.6 Å². The van der Waals surface area contributed by atoms with Crippen molar-refractivity contribution < 1.29 is 17.9 Å². The fourth-order valence-electron chi connectivity index (χ4n) is 3.20. The van der Waals surface area contributed by atoms with Crippen LogP contribution in [0.2, 0.25) is 0 Å². The molecule has 32 heavy (non-hydrogen) atoms. The van der Waals surface area contributed by atoms with Crippen LogP contribution >= 0.6 is 0 Å². The van der Waals surface area contributed by atoms with E-state index < -0.39 is 10.0 Å². The Labute approximate surface area is 189 Å². The van der Waals surface area contributed by atoms with Crippen molar-refractivity contribution in [3.05, 3.63) is 88.5 Å². The first-order valence-corrected chi connectivity index (χ1v) is 11.8. The predicted molar refractivity (Wildman–Crippen MR) is 127 cm³/mol. The van der Waals surface area contributed by atoms with E-state index in [0.29, 0.717) is 30.0 Å². The van der Waals surface area contributed by atoms with E-state index in [0.717, 1.165) is 22.4 Å². The first-order chi connectivity index (χ1) is 15.2. The van der Waals surface area contributed by atoms with Crippen LogP contribution in [0.15, 0.2) is 65.6 Å². The van der Waals surface area contributed by atoms with Crippen LogP contribution in [0.5, 0.6) is 5.75 Å². The highest BCUT2D eigenvalue weighted by Gasteiger charge is 2.18. The number of sulfonamides is 1. The summed E-state index contributed by atoms with van der Waals surface area (Å²) in [5, 5.41) is 2.83. The molecule has 0 radical (unpaired) electrons. The molecule has 0 aliphatic heterocycles. The van der Waals surface area contributed by atoms with Crippen molar-refractivity contribution >= 4 is 21.6 Å². The van der Waals surface area contributed by atoms with Crippen molar-refractivity contribution in [1.29, 1.82) is 0 Å². The fraction of sp³-hybridized carbons (Fsp3) is 0.240. The lowest BCUT2D eigenvalue weighted by Gasteiger charge is -2.14. The van der Waals surface area contributed by atoms with Gasteiger partial charge < -0.3 is 10.1 Å². The summed E-state index contributed by atoms with van der Waals surface area (Å²) >= 11 is 0. The zero-order valence-corrected chi connectivity index (χ0v) is 19.5. The molecular formula is C25H28N2O4S. The molecule has 0 aromatic heterocycles. The van der Waals surface area contributed by atoms with Gasteiger partial charge in [-0.05, 0) is 74.7 Å². The molecule has 3 aromatic carbocycles. The summed E-state index contributed by atoms with van der Waals surface area (Å²) in [6.07, 6.45) is 0. The number of amides is 1. The van der Waals surface area contributed by atoms with E-state index in [4.69, 9.17) is 4.74 Å². The fourth-order valence-corrected chi connectivity index (χ4v) is 4.32. The lowest BCUT2D eigenvalue weighted by Crippen LogP contribution is -2.29. The molecule has 0 aliphatic carbocycles. The number of anilines is 1. The average Bonchev–Trinajstić information content (AvgIpc) is 2.75. The van der Waals surface area contributed by atoms with Gasteiger partial charge in [0.15, 0.2) is 0 Å². The maximum atomic E-state index is 12.7. The van der Waals surface area contributed by atoms with Crippen LogP contribution in [-0.4, -0.2) is 27.5 Å². The number of nitrogens with one attached hydrogen (secondary N) is 2. The molecule has 6 nitrogen and oxygen atoms in total. The normalized spacial score (nSPS) is 11.1. The minimum Gasteiger partial charge on any atom is -0.491 e. The van der Waals surface area contributed by atoms with Crippen LogP contribution in [0.25, 0.3) is 0 Å². The van der Waals surface area contributed by atoms with Gasteiger partial charge in [-0.1, -0.05) is 35.9 Å². The van der Waals surface area contributed by atoms with Gasteiger partial charge in [0.1, 0.15) is 12.4 Å². The van der Waals surface area contributed by atoms with Crippen LogP contribution in [0.4, 0.5) is 5.69 Å². The first-order valence-electron chi connectivity index (χ1n) is 10.3. The van der Waals surface area contributed by atoms with E-state index >= 15 is 0 Å². The third-order valence-electron chi connectivity index (χ3n) is 5.14. The number of hydrogen-bond acceptors (Lipinski definition) is 4. The highest BCUT2D eigenvalue weighted by atomic mass is 32.2. The highest BCUT2D eigenvalue weighted by molar-refractivity contribution is 7.92. The lowest BCUT2D eigenvalue weighted by molar-refractivity contribution is 0.0946. The minimum absolute atomic E-state index is 0.168. The summed E-state index contributed by atoms with van der Waals surface area (Å²) in [5.74, 6) is 0.506. The third-order valence-corrected chi connectivity index (χ3v) is 6.52. The number of benzene rings is 3. The molecule has 0 heterocycles. The predicted octanol–water partition coefficient (Wildman–Crippen LogP) is 4.53. The van der Waals surface area contributed by atoms with E-state index in [-0.39, 0.29) is 10.8 Å². The molecule has 0 saturated heterocycles. The van der Waals surface area contributed by atoms with E-state index in [9.17, 15) is 13.2 Å². The summed E-state index contributed by atoms with van der Waals surface area (Å²) in [6.45, 7) is 8.23. The summed E-state index contributed by atoms with van der Waals surface area (Å²) in [7, 11) is -3.76. The number of hydrogen-bond donors (Lipinski definition) is 2. The second-order valence-electron chi connectivity index (χ2n) is 7.77. The Morgan fingerprint density at radius 2 is 1.59 bits per heavy atom. The maximum Gasteiger partial charge on any atom is 0.261 e. The SMILES string of the molecule is Cc1ccc(S(=O)(=O)Nc2cccc(C(=O)NCCOc3cc(C)ccc3C)c2C)cc1. The monoisotopic (exact) mass is 452 g/mol. The summed E-state index contributed by atoms with van der Waals surface area (Å²) < 4.78 is 33.8. The zero-order valence-electron chi connectivity index (χ0n) is 18.7. The van der Waals surface area contributed by atoms with Gasteiger partial charge in [-0.3, -0.25) is 9.52 Å². The average molecular weight is 453 g/mol. The molecule has 3 rings (SSSR count). The van der Waals surface area contributed by atoms with E-state index in [2.05, 4.69) is 10.0 Å². The van der Waals surface area contributed by atoms with Crippen molar-refractivity contribution in [2.75, 3.05) is 17.9 Å². The van der Waals surface area contributed by atoms with Gasteiger partial charge in [0.25, 0.3) is 15.9 Å². The Bertz CT molecular complexity index is 1220. The number of aryl methyl sites for hydroxylation is 3. The molecule has 168 valence electrons. The molecule has 3 aromatic rings. The topological polar surface area (TPSA) is 84.5 Å². The number of carbonyl (C=O) groups excluding carboxylic acids is 1. The second kappa shape index (κ2) is 9.87. The molecule has 2 N–H and O–H groups in total. The van der Waals surface area contributed by atoms with Gasteiger partial charge in [0.05, 0.1) is 17.1 Å². The minimum atomic E-state index is -3.76. The van der Waals surface area contributed by atoms with Crippen molar-refractivity contribution in [3.63, 3.8) is 0 Å². The Hall–Kier alpha value is -3.32. The van der Waals surface area contributed by atoms with Crippen LogP contribution in [0.3, 0.4) is 0 Å². The van der Waals surface area contributed by atoms with Gasteiger partial charge >= 0.3 is 0 Å².